The van der Waals surface area contributed by atoms with Gasteiger partial charge in [0.15, 0.2) is 0 Å². The number of rotatable bonds is 14. The maximum Gasteiger partial charge on any atom is 0.287 e. The van der Waals surface area contributed by atoms with Crippen molar-refractivity contribution < 1.29 is 24.2 Å². The quantitative estimate of drug-likeness (QED) is 0.240. The lowest BCUT2D eigenvalue weighted by molar-refractivity contribution is -0.119. The molecule has 4 rings (SSSR count). The number of amides is 2. The smallest absolute Gasteiger partial charge is 0.287 e. The van der Waals surface area contributed by atoms with E-state index >= 15 is 0 Å². The van der Waals surface area contributed by atoms with E-state index < -0.39 is 11.5 Å². The first kappa shape index (κ1) is 26.7. The second-order valence-corrected chi connectivity index (χ2v) is 9.71. The molecule has 1 unspecified atom stereocenters. The predicted molar refractivity (Wildman–Crippen MR) is 143 cm³/mol. The Hall–Kier alpha value is -3.37. The Balaban J connectivity index is 1.07. The van der Waals surface area contributed by atoms with Crippen LogP contribution in [-0.4, -0.2) is 47.4 Å². The van der Waals surface area contributed by atoms with Crippen molar-refractivity contribution in [2.75, 3.05) is 19.7 Å². The molecule has 0 radical (unpaired) electrons. The lowest BCUT2D eigenvalue weighted by Gasteiger charge is -2.14. The van der Waals surface area contributed by atoms with E-state index in [0.717, 1.165) is 41.6 Å². The van der Waals surface area contributed by atoms with E-state index in [4.69, 9.17) is 9.47 Å². The molecular weight excluding hydrogens is 490 g/mol. The summed E-state index contributed by atoms with van der Waals surface area (Å²) in [6.45, 7) is 2.37. The molecule has 1 aliphatic heterocycles. The maximum absolute atomic E-state index is 11.6. The summed E-state index contributed by atoms with van der Waals surface area (Å²) in [6, 6.07) is 25.5. The van der Waals surface area contributed by atoms with Gasteiger partial charge in [0.1, 0.15) is 36.2 Å². The minimum Gasteiger partial charge on any atom is -0.491 e. The van der Waals surface area contributed by atoms with Gasteiger partial charge in [-0.1, -0.05) is 54.6 Å². The van der Waals surface area contributed by atoms with Crippen LogP contribution in [0.25, 0.3) is 0 Å². The Labute approximate surface area is 220 Å². The van der Waals surface area contributed by atoms with Crippen molar-refractivity contribution in [2.24, 2.45) is 0 Å². The summed E-state index contributed by atoms with van der Waals surface area (Å²) >= 11 is 0.962. The molecule has 1 saturated heterocycles. The van der Waals surface area contributed by atoms with E-state index in [0.29, 0.717) is 25.4 Å². The van der Waals surface area contributed by atoms with Crippen LogP contribution in [0.3, 0.4) is 0 Å². The van der Waals surface area contributed by atoms with E-state index in [1.165, 1.54) is 5.56 Å². The number of nitrogens with one attached hydrogen (secondary N) is 3. The van der Waals surface area contributed by atoms with Crippen molar-refractivity contribution in [1.29, 1.82) is 0 Å². The first-order valence-electron chi connectivity index (χ1n) is 12.2. The molecule has 0 saturated carbocycles. The van der Waals surface area contributed by atoms with Crippen LogP contribution in [0.2, 0.25) is 0 Å². The largest absolute Gasteiger partial charge is 0.491 e. The molecule has 9 heteroatoms. The molecule has 3 aromatic carbocycles. The predicted octanol–water partition coefficient (Wildman–Crippen LogP) is 3.24. The molecular formula is C28H31N3O5S. The number of hydrogen-bond acceptors (Lipinski definition) is 8. The third-order valence-corrected chi connectivity index (χ3v) is 6.62. The van der Waals surface area contributed by atoms with Crippen LogP contribution in [0.15, 0.2) is 78.9 Å². The van der Waals surface area contributed by atoms with Crippen LogP contribution in [0.5, 0.6) is 11.5 Å². The average Bonchev–Trinajstić information content (AvgIpc) is 3.25. The lowest BCUT2D eigenvalue weighted by atomic mass is 10.1. The second kappa shape index (κ2) is 13.8. The molecule has 2 atom stereocenters. The molecule has 0 spiro atoms. The van der Waals surface area contributed by atoms with Gasteiger partial charge in [0, 0.05) is 13.1 Å². The van der Waals surface area contributed by atoms with Gasteiger partial charge in [0.2, 0.25) is 0 Å². The molecule has 37 heavy (non-hydrogen) atoms. The number of aliphatic hydroxyl groups excluding tert-OH is 1. The van der Waals surface area contributed by atoms with Gasteiger partial charge in [-0.25, -0.2) is 0 Å². The van der Waals surface area contributed by atoms with Gasteiger partial charge in [-0.2, -0.15) is 0 Å². The van der Waals surface area contributed by atoms with Gasteiger partial charge in [0.25, 0.3) is 11.1 Å². The fraction of sp³-hybridized carbons (Fsp3) is 0.286. The molecule has 194 valence electrons. The first-order valence-corrected chi connectivity index (χ1v) is 13.0. The number of thioether (sulfide) groups is 1. The standard InChI is InChI=1S/C28H31N3O5S/c32-23(19-36-25-12-10-24(11-13-25)35-18-22-4-2-1-3-5-22)17-29-15-14-20-6-8-21(9-7-20)16-30-27-26(33)31-28(34)37-27/h1-13,23,27,29-30,32H,14-19H2,(H,31,33,34)/t23-,27?/m0/s1. The summed E-state index contributed by atoms with van der Waals surface area (Å²) in [4.78, 5) is 22.8. The summed E-state index contributed by atoms with van der Waals surface area (Å²) in [5, 5.41) is 18.0. The average molecular weight is 522 g/mol. The Morgan fingerprint density at radius 1 is 0.865 bits per heavy atom. The van der Waals surface area contributed by atoms with Gasteiger partial charge in [-0.3, -0.25) is 20.2 Å². The van der Waals surface area contributed by atoms with E-state index in [2.05, 4.69) is 16.0 Å². The number of hydrogen-bond donors (Lipinski definition) is 4. The zero-order valence-electron chi connectivity index (χ0n) is 20.4. The summed E-state index contributed by atoms with van der Waals surface area (Å²) < 4.78 is 11.5. The fourth-order valence-corrected chi connectivity index (χ4v) is 4.36. The number of carbonyl (C=O) groups is 2. The maximum atomic E-state index is 11.6. The highest BCUT2D eigenvalue weighted by atomic mass is 32.2. The number of benzene rings is 3. The molecule has 1 aliphatic rings. The van der Waals surface area contributed by atoms with Crippen molar-refractivity contribution in [2.45, 2.75) is 31.1 Å². The number of ether oxygens (including phenoxy) is 2. The summed E-state index contributed by atoms with van der Waals surface area (Å²) in [7, 11) is 0. The Morgan fingerprint density at radius 3 is 2.22 bits per heavy atom. The number of aliphatic hydroxyl groups is 1. The van der Waals surface area contributed by atoms with Gasteiger partial charge in [0.05, 0.1) is 0 Å². The van der Waals surface area contributed by atoms with Crippen molar-refractivity contribution in [3.8, 4) is 11.5 Å². The third kappa shape index (κ3) is 8.91. The molecule has 8 nitrogen and oxygen atoms in total. The second-order valence-electron chi connectivity index (χ2n) is 8.64. The highest BCUT2D eigenvalue weighted by molar-refractivity contribution is 8.15. The minimum absolute atomic E-state index is 0.196. The van der Waals surface area contributed by atoms with Crippen LogP contribution in [0, 0.1) is 0 Å². The Kier molecular flexibility index (Phi) is 9.96. The molecule has 0 aliphatic carbocycles. The molecule has 1 heterocycles. The molecule has 2 amide bonds. The van der Waals surface area contributed by atoms with Gasteiger partial charge >= 0.3 is 0 Å². The van der Waals surface area contributed by atoms with Crippen LogP contribution < -0.4 is 25.4 Å². The minimum atomic E-state index is -0.625. The Morgan fingerprint density at radius 2 is 1.54 bits per heavy atom. The monoisotopic (exact) mass is 521 g/mol. The SMILES string of the molecule is O=C1NC(=O)C(NCc2ccc(CCNC[C@H](O)COc3ccc(OCc4ccccc4)cc3)cc2)S1. The molecule has 1 fully saturated rings. The van der Waals surface area contributed by atoms with Crippen molar-refractivity contribution >= 4 is 22.9 Å². The first-order chi connectivity index (χ1) is 18.0. The van der Waals surface area contributed by atoms with Gasteiger partial charge < -0.3 is 19.9 Å². The van der Waals surface area contributed by atoms with E-state index in [9.17, 15) is 14.7 Å². The van der Waals surface area contributed by atoms with E-state index in [-0.39, 0.29) is 17.8 Å². The Bertz CT molecular complexity index is 1140. The summed E-state index contributed by atoms with van der Waals surface area (Å²) in [5.41, 5.74) is 3.31. The summed E-state index contributed by atoms with van der Waals surface area (Å²) in [6.07, 6.45) is 0.196. The molecule has 3 aromatic rings. The van der Waals surface area contributed by atoms with Crippen LogP contribution in [-0.2, 0) is 24.4 Å². The number of imide groups is 1. The van der Waals surface area contributed by atoms with E-state index in [1.807, 2.05) is 78.9 Å². The zero-order valence-corrected chi connectivity index (χ0v) is 21.2. The fourth-order valence-electron chi connectivity index (χ4n) is 3.65. The molecule has 0 bridgehead atoms. The van der Waals surface area contributed by atoms with Gasteiger partial charge in [-0.15, -0.1) is 0 Å². The van der Waals surface area contributed by atoms with Crippen LogP contribution in [0.4, 0.5) is 4.79 Å². The molecule has 4 N–H and O–H groups in total. The third-order valence-electron chi connectivity index (χ3n) is 5.69. The number of carbonyl (C=O) groups excluding carboxylic acids is 2. The molecule has 0 aromatic heterocycles. The van der Waals surface area contributed by atoms with Gasteiger partial charge in [-0.05, 0) is 65.7 Å². The normalized spacial score (nSPS) is 15.9. The highest BCUT2D eigenvalue weighted by Gasteiger charge is 2.30. The van der Waals surface area contributed by atoms with Crippen molar-refractivity contribution in [1.82, 2.24) is 16.0 Å². The highest BCUT2D eigenvalue weighted by Crippen LogP contribution is 2.19. The van der Waals surface area contributed by atoms with Crippen LogP contribution in [0.1, 0.15) is 16.7 Å². The van der Waals surface area contributed by atoms with Crippen LogP contribution >= 0.6 is 11.8 Å². The summed E-state index contributed by atoms with van der Waals surface area (Å²) in [5.74, 6) is 1.14. The van der Waals surface area contributed by atoms with E-state index in [1.54, 1.807) is 0 Å². The topological polar surface area (TPSA) is 109 Å². The lowest BCUT2D eigenvalue weighted by Crippen LogP contribution is -2.34. The van der Waals surface area contributed by atoms with Crippen molar-refractivity contribution in [3.63, 3.8) is 0 Å². The zero-order chi connectivity index (χ0) is 25.9. The van der Waals surface area contributed by atoms with Crippen molar-refractivity contribution in [3.05, 3.63) is 95.6 Å².